The first-order valence-electron chi connectivity index (χ1n) is 4.58. The zero-order valence-electron chi connectivity index (χ0n) is 8.95. The van der Waals surface area contributed by atoms with E-state index < -0.39 is 18.9 Å². The van der Waals surface area contributed by atoms with E-state index >= 15 is 0 Å². The third kappa shape index (κ3) is 2.50. The van der Waals surface area contributed by atoms with Crippen LogP contribution in [0.1, 0.15) is 19.4 Å². The highest BCUT2D eigenvalue weighted by Gasteiger charge is 2.47. The SMILES string of the molecule is CC(=O)OC(C)(c1ccccc1)P(=O)(O)O. The Morgan fingerprint density at radius 3 is 2.19 bits per heavy atom. The summed E-state index contributed by atoms with van der Waals surface area (Å²) >= 11 is 0. The molecule has 0 bridgehead atoms. The molecule has 0 radical (unpaired) electrons. The molecule has 0 amide bonds. The molecule has 1 aromatic rings. The van der Waals surface area contributed by atoms with Gasteiger partial charge in [0.05, 0.1) is 0 Å². The van der Waals surface area contributed by atoms with Gasteiger partial charge in [-0.25, -0.2) is 0 Å². The summed E-state index contributed by atoms with van der Waals surface area (Å²) in [6.45, 7) is 2.31. The minimum absolute atomic E-state index is 0.263. The number of rotatable bonds is 3. The minimum Gasteiger partial charge on any atom is -0.442 e. The molecule has 1 aromatic carbocycles. The summed E-state index contributed by atoms with van der Waals surface area (Å²) in [5.74, 6) is -0.741. The van der Waals surface area contributed by atoms with Crippen LogP contribution in [0.4, 0.5) is 0 Å². The molecule has 0 fully saturated rings. The van der Waals surface area contributed by atoms with Crippen molar-refractivity contribution in [3.8, 4) is 0 Å². The van der Waals surface area contributed by atoms with Gasteiger partial charge < -0.3 is 14.5 Å². The number of carbonyl (C=O) groups is 1. The van der Waals surface area contributed by atoms with Crippen LogP contribution in [-0.4, -0.2) is 15.8 Å². The van der Waals surface area contributed by atoms with Gasteiger partial charge in [-0.15, -0.1) is 0 Å². The van der Waals surface area contributed by atoms with Gasteiger partial charge in [0.2, 0.25) is 5.34 Å². The summed E-state index contributed by atoms with van der Waals surface area (Å²) in [4.78, 5) is 29.5. The van der Waals surface area contributed by atoms with E-state index in [0.717, 1.165) is 6.92 Å². The van der Waals surface area contributed by atoms with Gasteiger partial charge in [0, 0.05) is 12.5 Å². The fourth-order valence-corrected chi connectivity index (χ4v) is 2.05. The van der Waals surface area contributed by atoms with Crippen molar-refractivity contribution in [2.24, 2.45) is 0 Å². The largest absolute Gasteiger partial charge is 0.442 e. The van der Waals surface area contributed by atoms with Gasteiger partial charge in [-0.1, -0.05) is 30.3 Å². The fourth-order valence-electron chi connectivity index (χ4n) is 1.31. The lowest BCUT2D eigenvalue weighted by atomic mass is 10.1. The predicted molar refractivity (Wildman–Crippen MR) is 57.6 cm³/mol. The maximum Gasteiger partial charge on any atom is 0.373 e. The molecule has 0 heterocycles. The quantitative estimate of drug-likeness (QED) is 0.623. The number of carbonyl (C=O) groups excluding carboxylic acids is 1. The third-order valence-electron chi connectivity index (χ3n) is 2.21. The van der Waals surface area contributed by atoms with Crippen LogP contribution in [0.25, 0.3) is 0 Å². The topological polar surface area (TPSA) is 83.8 Å². The summed E-state index contributed by atoms with van der Waals surface area (Å²) in [6.07, 6.45) is 0. The molecule has 5 nitrogen and oxygen atoms in total. The number of benzene rings is 1. The molecule has 0 saturated heterocycles. The van der Waals surface area contributed by atoms with Crippen molar-refractivity contribution in [2.45, 2.75) is 19.2 Å². The summed E-state index contributed by atoms with van der Waals surface area (Å²) in [6, 6.07) is 7.95. The van der Waals surface area contributed by atoms with E-state index in [0.29, 0.717) is 0 Å². The van der Waals surface area contributed by atoms with Gasteiger partial charge in [-0.05, 0) is 6.92 Å². The number of ether oxygens (including phenoxy) is 1. The monoisotopic (exact) mass is 244 g/mol. The van der Waals surface area contributed by atoms with E-state index in [9.17, 15) is 19.1 Å². The second kappa shape index (κ2) is 4.37. The first-order valence-corrected chi connectivity index (χ1v) is 6.19. The van der Waals surface area contributed by atoms with Crippen molar-refractivity contribution in [1.82, 2.24) is 0 Å². The summed E-state index contributed by atoms with van der Waals surface area (Å²) in [7, 11) is -4.61. The molecule has 0 spiro atoms. The van der Waals surface area contributed by atoms with E-state index in [2.05, 4.69) is 0 Å². The zero-order chi connectivity index (χ0) is 12.4. The lowest BCUT2D eigenvalue weighted by Gasteiger charge is -2.29. The van der Waals surface area contributed by atoms with Crippen molar-refractivity contribution in [2.75, 3.05) is 0 Å². The Morgan fingerprint density at radius 1 is 1.31 bits per heavy atom. The molecule has 16 heavy (non-hydrogen) atoms. The molecule has 1 atom stereocenters. The van der Waals surface area contributed by atoms with Crippen LogP contribution in [0.5, 0.6) is 0 Å². The maximum absolute atomic E-state index is 11.4. The third-order valence-corrected chi connectivity index (χ3v) is 3.67. The van der Waals surface area contributed by atoms with Crippen molar-refractivity contribution in [3.63, 3.8) is 0 Å². The molecular formula is C10H13O5P. The highest BCUT2D eigenvalue weighted by Crippen LogP contribution is 2.57. The standard InChI is InChI=1S/C10H13O5P/c1-8(11)15-10(2,16(12,13)14)9-6-4-3-5-7-9/h3-7H,1-2H3,(H2,12,13,14). The molecule has 0 aliphatic carbocycles. The number of hydrogen-bond acceptors (Lipinski definition) is 3. The molecule has 2 N–H and O–H groups in total. The first-order chi connectivity index (χ1) is 7.27. The normalized spacial score (nSPS) is 15.2. The molecule has 0 aromatic heterocycles. The van der Waals surface area contributed by atoms with E-state index in [1.165, 1.54) is 19.1 Å². The second-order valence-corrected chi connectivity index (χ2v) is 5.43. The zero-order valence-corrected chi connectivity index (χ0v) is 9.85. The molecule has 0 aliphatic heterocycles. The van der Waals surface area contributed by atoms with Crippen molar-refractivity contribution in [1.29, 1.82) is 0 Å². The van der Waals surface area contributed by atoms with Crippen molar-refractivity contribution in [3.05, 3.63) is 35.9 Å². The van der Waals surface area contributed by atoms with Crippen LogP contribution in [-0.2, 0) is 19.4 Å². The lowest BCUT2D eigenvalue weighted by molar-refractivity contribution is -0.150. The van der Waals surface area contributed by atoms with Crippen LogP contribution in [0.3, 0.4) is 0 Å². The molecule has 6 heteroatoms. The molecule has 0 aliphatic rings. The van der Waals surface area contributed by atoms with Gasteiger partial charge in [0.25, 0.3) is 0 Å². The summed E-state index contributed by atoms with van der Waals surface area (Å²) < 4.78 is 16.2. The average Bonchev–Trinajstić information content (AvgIpc) is 2.16. The first kappa shape index (κ1) is 12.9. The molecule has 88 valence electrons. The Morgan fingerprint density at radius 2 is 1.81 bits per heavy atom. The predicted octanol–water partition coefficient (Wildman–Crippen LogP) is 1.60. The number of esters is 1. The van der Waals surface area contributed by atoms with Crippen LogP contribution in [0.2, 0.25) is 0 Å². The van der Waals surface area contributed by atoms with Crippen LogP contribution >= 0.6 is 7.60 Å². The van der Waals surface area contributed by atoms with E-state index in [4.69, 9.17) is 4.74 Å². The molecular weight excluding hydrogens is 231 g/mol. The van der Waals surface area contributed by atoms with Crippen molar-refractivity contribution >= 4 is 13.6 Å². The van der Waals surface area contributed by atoms with Gasteiger partial charge in [0.15, 0.2) is 0 Å². The maximum atomic E-state index is 11.4. The molecule has 0 saturated carbocycles. The summed E-state index contributed by atoms with van der Waals surface area (Å²) in [5, 5.41) is -1.93. The van der Waals surface area contributed by atoms with Gasteiger partial charge in [0.1, 0.15) is 0 Å². The van der Waals surface area contributed by atoms with E-state index in [1.54, 1.807) is 18.2 Å². The van der Waals surface area contributed by atoms with Crippen LogP contribution in [0.15, 0.2) is 30.3 Å². The lowest BCUT2D eigenvalue weighted by Crippen LogP contribution is -2.28. The second-order valence-electron chi connectivity index (χ2n) is 3.49. The Kier molecular flexibility index (Phi) is 3.53. The Bertz CT molecular complexity index is 424. The Balaban J connectivity index is 3.26. The minimum atomic E-state index is -4.61. The highest BCUT2D eigenvalue weighted by molar-refractivity contribution is 7.52. The highest BCUT2D eigenvalue weighted by atomic mass is 31.2. The summed E-state index contributed by atoms with van der Waals surface area (Å²) in [5.41, 5.74) is 0.263. The van der Waals surface area contributed by atoms with Gasteiger partial charge >= 0.3 is 13.6 Å². The Labute approximate surface area is 93.2 Å². The van der Waals surface area contributed by atoms with E-state index in [1.807, 2.05) is 0 Å². The smallest absolute Gasteiger partial charge is 0.373 e. The van der Waals surface area contributed by atoms with E-state index in [-0.39, 0.29) is 5.56 Å². The van der Waals surface area contributed by atoms with Gasteiger partial charge in [-0.2, -0.15) is 0 Å². The number of hydrogen-bond donors (Lipinski definition) is 2. The Hall–Kier alpha value is -1.16. The molecule has 1 rings (SSSR count). The van der Waals surface area contributed by atoms with Crippen LogP contribution in [0, 0.1) is 0 Å². The van der Waals surface area contributed by atoms with Gasteiger partial charge in [-0.3, -0.25) is 9.36 Å². The fraction of sp³-hybridized carbons (Fsp3) is 0.300. The van der Waals surface area contributed by atoms with Crippen molar-refractivity contribution < 1.29 is 23.9 Å². The van der Waals surface area contributed by atoms with Crippen LogP contribution < -0.4 is 0 Å². The average molecular weight is 244 g/mol. The molecule has 1 unspecified atom stereocenters.